The fourth-order valence-corrected chi connectivity index (χ4v) is 1.49. The molecule has 1 aromatic carbocycles. The normalized spacial score (nSPS) is 10.4. The van der Waals surface area contributed by atoms with E-state index in [2.05, 4.69) is 5.32 Å². The molecule has 116 valence electrons. The molecule has 0 radical (unpaired) electrons. The van der Waals surface area contributed by atoms with Crippen molar-refractivity contribution >= 4 is 17.6 Å². The van der Waals surface area contributed by atoms with Gasteiger partial charge in [-0.25, -0.2) is 0 Å². The minimum Gasteiger partial charge on any atom is -0.494 e. The predicted octanol–water partition coefficient (Wildman–Crippen LogP) is 2.29. The van der Waals surface area contributed by atoms with E-state index in [4.69, 9.17) is 14.6 Å². The highest BCUT2D eigenvalue weighted by atomic mass is 16.5. The maximum Gasteiger partial charge on any atom is 0.303 e. The van der Waals surface area contributed by atoms with Crippen molar-refractivity contribution in [3.8, 4) is 5.75 Å². The predicted molar refractivity (Wildman–Crippen MR) is 78.5 cm³/mol. The molecular weight excluding hydrogens is 274 g/mol. The summed E-state index contributed by atoms with van der Waals surface area (Å²) in [6.45, 7) is 4.10. The Morgan fingerprint density at radius 1 is 1.24 bits per heavy atom. The van der Waals surface area contributed by atoms with Gasteiger partial charge in [0.25, 0.3) is 0 Å². The lowest BCUT2D eigenvalue weighted by molar-refractivity contribution is -0.137. The van der Waals surface area contributed by atoms with Crippen LogP contribution in [-0.4, -0.2) is 36.3 Å². The molecule has 0 saturated carbocycles. The second-order valence-electron chi connectivity index (χ2n) is 4.78. The zero-order valence-electron chi connectivity index (χ0n) is 12.3. The first kappa shape index (κ1) is 17.0. The first-order valence-corrected chi connectivity index (χ1v) is 6.83. The number of rotatable bonds is 9. The fraction of sp³-hybridized carbons (Fsp3) is 0.467. The van der Waals surface area contributed by atoms with Crippen LogP contribution in [0, 0.1) is 0 Å². The van der Waals surface area contributed by atoms with E-state index in [1.165, 1.54) is 0 Å². The molecule has 1 amide bonds. The summed E-state index contributed by atoms with van der Waals surface area (Å²) in [6.07, 6.45) is 0.557. The largest absolute Gasteiger partial charge is 0.494 e. The summed E-state index contributed by atoms with van der Waals surface area (Å²) < 4.78 is 10.6. The van der Waals surface area contributed by atoms with Crippen LogP contribution in [0.3, 0.4) is 0 Å². The molecule has 0 saturated heterocycles. The molecule has 0 heterocycles. The van der Waals surface area contributed by atoms with Crippen molar-refractivity contribution in [3.05, 3.63) is 24.3 Å². The van der Waals surface area contributed by atoms with E-state index in [1.807, 2.05) is 13.8 Å². The minimum atomic E-state index is -0.833. The number of aliphatic carboxylic acids is 1. The van der Waals surface area contributed by atoms with Gasteiger partial charge in [-0.3, -0.25) is 9.59 Å². The van der Waals surface area contributed by atoms with E-state index >= 15 is 0 Å². The molecule has 0 unspecified atom stereocenters. The van der Waals surface area contributed by atoms with Crippen molar-refractivity contribution in [1.29, 1.82) is 0 Å². The summed E-state index contributed by atoms with van der Waals surface area (Å²) in [6, 6.07) is 6.89. The maximum absolute atomic E-state index is 11.6. The highest BCUT2D eigenvalue weighted by Gasteiger charge is 2.04. The first-order valence-electron chi connectivity index (χ1n) is 6.83. The Hall–Kier alpha value is -2.08. The molecule has 21 heavy (non-hydrogen) atoms. The number of amides is 1. The fourth-order valence-electron chi connectivity index (χ4n) is 1.49. The topological polar surface area (TPSA) is 84.9 Å². The number of carboxylic acid groups (broad SMARTS) is 1. The molecule has 1 rings (SSSR count). The maximum atomic E-state index is 11.6. The van der Waals surface area contributed by atoms with Crippen LogP contribution >= 0.6 is 0 Å². The molecule has 1 aromatic rings. The third-order valence-electron chi connectivity index (χ3n) is 2.49. The first-order chi connectivity index (χ1) is 9.97. The van der Waals surface area contributed by atoms with E-state index in [1.54, 1.807) is 24.3 Å². The van der Waals surface area contributed by atoms with Crippen LogP contribution in [0.2, 0.25) is 0 Å². The van der Waals surface area contributed by atoms with Gasteiger partial charge in [-0.05, 0) is 44.5 Å². The van der Waals surface area contributed by atoms with E-state index in [-0.39, 0.29) is 25.0 Å². The second-order valence-corrected chi connectivity index (χ2v) is 4.78. The van der Waals surface area contributed by atoms with Crippen molar-refractivity contribution in [2.75, 3.05) is 18.5 Å². The van der Waals surface area contributed by atoms with E-state index < -0.39 is 5.97 Å². The van der Waals surface area contributed by atoms with Crippen LogP contribution in [-0.2, 0) is 14.3 Å². The standard InChI is InChI=1S/C15H21NO5/c1-11(2)21-10-14(17)16-12-5-7-13(8-6-12)20-9-3-4-15(18)19/h5-8,11H,3-4,9-10H2,1-2H3,(H,16,17)(H,18,19). The summed E-state index contributed by atoms with van der Waals surface area (Å²) in [5, 5.41) is 11.2. The molecule has 0 aliphatic rings. The lowest BCUT2D eigenvalue weighted by atomic mass is 10.3. The Morgan fingerprint density at radius 3 is 2.48 bits per heavy atom. The summed E-state index contributed by atoms with van der Waals surface area (Å²) >= 11 is 0. The van der Waals surface area contributed by atoms with Gasteiger partial charge in [0.1, 0.15) is 12.4 Å². The Morgan fingerprint density at radius 2 is 1.90 bits per heavy atom. The Balaban J connectivity index is 2.32. The molecule has 2 N–H and O–H groups in total. The number of ether oxygens (including phenoxy) is 2. The van der Waals surface area contributed by atoms with Gasteiger partial charge in [-0.1, -0.05) is 0 Å². The Bertz CT molecular complexity index is 456. The van der Waals surface area contributed by atoms with Crippen molar-refractivity contribution in [2.45, 2.75) is 32.8 Å². The molecular formula is C15H21NO5. The van der Waals surface area contributed by atoms with Crippen LogP contribution in [0.15, 0.2) is 24.3 Å². The number of nitrogens with one attached hydrogen (secondary N) is 1. The van der Waals surface area contributed by atoms with Crippen LogP contribution in [0.25, 0.3) is 0 Å². The molecule has 0 bridgehead atoms. The van der Waals surface area contributed by atoms with Crippen LogP contribution in [0.4, 0.5) is 5.69 Å². The van der Waals surface area contributed by atoms with E-state index in [0.717, 1.165) is 0 Å². The molecule has 0 spiro atoms. The second kappa shape index (κ2) is 8.97. The average Bonchev–Trinajstić information content (AvgIpc) is 2.43. The van der Waals surface area contributed by atoms with Gasteiger partial charge in [0.15, 0.2) is 0 Å². The summed E-state index contributed by atoms with van der Waals surface area (Å²) in [4.78, 5) is 21.9. The van der Waals surface area contributed by atoms with Crippen LogP contribution < -0.4 is 10.1 Å². The molecule has 0 fully saturated rings. The third-order valence-corrected chi connectivity index (χ3v) is 2.49. The Labute approximate surface area is 124 Å². The SMILES string of the molecule is CC(C)OCC(=O)Nc1ccc(OCCCC(=O)O)cc1. The number of carbonyl (C=O) groups is 2. The highest BCUT2D eigenvalue weighted by Crippen LogP contribution is 2.16. The van der Waals surface area contributed by atoms with Gasteiger partial charge >= 0.3 is 5.97 Å². The van der Waals surface area contributed by atoms with Gasteiger partial charge < -0.3 is 19.9 Å². The monoisotopic (exact) mass is 295 g/mol. The minimum absolute atomic E-state index is 0.0114. The van der Waals surface area contributed by atoms with Gasteiger partial charge in [0, 0.05) is 12.1 Å². The lowest BCUT2D eigenvalue weighted by Crippen LogP contribution is -2.20. The number of benzene rings is 1. The zero-order valence-corrected chi connectivity index (χ0v) is 12.3. The van der Waals surface area contributed by atoms with Gasteiger partial charge in [-0.2, -0.15) is 0 Å². The summed E-state index contributed by atoms with van der Waals surface area (Å²) in [5.74, 6) is -0.407. The van der Waals surface area contributed by atoms with Gasteiger partial charge in [-0.15, -0.1) is 0 Å². The number of hydrogen-bond acceptors (Lipinski definition) is 4. The zero-order chi connectivity index (χ0) is 15.7. The molecule has 6 nitrogen and oxygen atoms in total. The summed E-state index contributed by atoms with van der Waals surface area (Å²) in [5.41, 5.74) is 0.658. The van der Waals surface area contributed by atoms with Crippen molar-refractivity contribution in [2.24, 2.45) is 0 Å². The molecule has 0 aliphatic heterocycles. The lowest BCUT2D eigenvalue weighted by Gasteiger charge is -2.09. The number of carbonyl (C=O) groups excluding carboxylic acids is 1. The van der Waals surface area contributed by atoms with Crippen molar-refractivity contribution in [3.63, 3.8) is 0 Å². The van der Waals surface area contributed by atoms with Crippen LogP contribution in [0.5, 0.6) is 5.75 Å². The van der Waals surface area contributed by atoms with E-state index in [0.29, 0.717) is 24.5 Å². The highest BCUT2D eigenvalue weighted by molar-refractivity contribution is 5.91. The van der Waals surface area contributed by atoms with Crippen molar-refractivity contribution < 1.29 is 24.2 Å². The quantitative estimate of drug-likeness (QED) is 0.683. The van der Waals surface area contributed by atoms with Crippen molar-refractivity contribution in [1.82, 2.24) is 0 Å². The molecule has 0 atom stereocenters. The Kier molecular flexibility index (Phi) is 7.25. The molecule has 6 heteroatoms. The molecule has 0 aliphatic carbocycles. The molecule has 0 aromatic heterocycles. The van der Waals surface area contributed by atoms with Gasteiger partial charge in [0.05, 0.1) is 12.7 Å². The number of carboxylic acids is 1. The number of hydrogen-bond donors (Lipinski definition) is 2. The van der Waals surface area contributed by atoms with Crippen LogP contribution in [0.1, 0.15) is 26.7 Å². The number of anilines is 1. The summed E-state index contributed by atoms with van der Waals surface area (Å²) in [7, 11) is 0. The van der Waals surface area contributed by atoms with E-state index in [9.17, 15) is 9.59 Å². The van der Waals surface area contributed by atoms with Gasteiger partial charge in [0.2, 0.25) is 5.91 Å². The smallest absolute Gasteiger partial charge is 0.303 e. The average molecular weight is 295 g/mol. The third kappa shape index (κ3) is 7.94.